The second-order valence-corrected chi connectivity index (χ2v) is 13.3. The number of hydrogen-bond donors (Lipinski definition) is 0. The van der Waals surface area contributed by atoms with E-state index >= 15 is 0 Å². The van der Waals surface area contributed by atoms with E-state index in [1.54, 1.807) is 24.2 Å². The van der Waals surface area contributed by atoms with Gasteiger partial charge in [-0.2, -0.15) is 12.1 Å². The van der Waals surface area contributed by atoms with E-state index in [9.17, 15) is 0 Å². The van der Waals surface area contributed by atoms with Crippen LogP contribution in [0.1, 0.15) is 89.1 Å². The number of hydrogen-bond acceptors (Lipinski definition) is 0. The summed E-state index contributed by atoms with van der Waals surface area (Å²) in [5.41, 5.74) is 10.1. The first-order valence-corrected chi connectivity index (χ1v) is 12.2. The van der Waals surface area contributed by atoms with Gasteiger partial charge in [-0.25, -0.2) is 0 Å². The molecule has 0 fully saturated rings. The Morgan fingerprint density at radius 3 is 1.94 bits per heavy atom. The third kappa shape index (κ3) is 6.65. The maximum atomic E-state index is 3.84. The molecule has 2 aromatic rings. The molecule has 0 nitrogen and oxygen atoms in total. The third-order valence-electron chi connectivity index (χ3n) is 5.71. The monoisotopic (exact) mass is 543 g/mol. The topological polar surface area (TPSA) is 0 Å². The molecule has 4 rings (SSSR count). The van der Waals surface area contributed by atoms with E-state index in [0.717, 1.165) is 6.42 Å². The first-order chi connectivity index (χ1) is 13.9. The van der Waals surface area contributed by atoms with Crippen LogP contribution in [0.15, 0.2) is 48.6 Å². The fraction of sp³-hybridized carbons (Fsp3) is 0.414. The van der Waals surface area contributed by atoms with Crippen molar-refractivity contribution in [1.29, 1.82) is 0 Å². The van der Waals surface area contributed by atoms with E-state index in [-0.39, 0.29) is 35.6 Å². The maximum absolute atomic E-state index is 3.84. The second kappa shape index (κ2) is 11.1. The molecule has 0 spiro atoms. The normalized spacial score (nSPS) is 14.1. The molecule has 0 saturated heterocycles. The van der Waals surface area contributed by atoms with Crippen molar-refractivity contribution in [2.24, 2.45) is 0 Å². The van der Waals surface area contributed by atoms with Gasteiger partial charge in [0.2, 0.25) is 0 Å². The minimum atomic E-state index is 0. The molecule has 2 aliphatic carbocycles. The Kier molecular flexibility index (Phi) is 10.2. The summed E-state index contributed by atoms with van der Waals surface area (Å²) in [6, 6.07) is 13.3. The zero-order chi connectivity index (χ0) is 22.3. The van der Waals surface area contributed by atoms with Crippen molar-refractivity contribution in [1.82, 2.24) is 0 Å². The fourth-order valence-corrected chi connectivity index (χ4v) is 4.13. The van der Waals surface area contributed by atoms with E-state index in [1.165, 1.54) is 42.2 Å². The van der Waals surface area contributed by atoms with Crippen LogP contribution in [-0.2, 0) is 41.5 Å². The summed E-state index contributed by atoms with van der Waals surface area (Å²) >= 11 is 1.55. The summed E-state index contributed by atoms with van der Waals surface area (Å²) in [6.45, 7) is 18.1. The number of rotatable bonds is 1. The average Bonchev–Trinajstić information content (AvgIpc) is 3.25. The number of halogens is 2. The van der Waals surface area contributed by atoms with Crippen LogP contribution in [-0.4, -0.2) is 3.21 Å². The van der Waals surface area contributed by atoms with E-state index in [0.29, 0.717) is 5.92 Å². The fourth-order valence-electron chi connectivity index (χ4n) is 4.13. The van der Waals surface area contributed by atoms with Crippen molar-refractivity contribution >= 4 is 3.21 Å². The van der Waals surface area contributed by atoms with Crippen LogP contribution in [0.25, 0.3) is 11.1 Å². The van der Waals surface area contributed by atoms with Gasteiger partial charge in [-0.15, -0.1) is 22.3 Å². The Bertz CT molecular complexity index is 1010. The van der Waals surface area contributed by atoms with Crippen LogP contribution in [0.5, 0.6) is 0 Å². The molecule has 32 heavy (non-hydrogen) atoms. The zero-order valence-electron chi connectivity index (χ0n) is 20.7. The van der Waals surface area contributed by atoms with Gasteiger partial charge in [0.15, 0.2) is 0 Å². The quantitative estimate of drug-likeness (QED) is 0.408. The standard InChI is InChI=1S/C26H29.C3H6.2ClH.Zr/c1-25(2,3)20-12-11-18-13-19-14-23(17-9-7-8-10-17)24(26(4,5)6)16-22(19)21(18)15-20;1-3-2;;;/h7-12,15-17H,13H2,1-6H3;1-2H3;2*1H;/q-1;;;;+2/p-2. The molecule has 2 aromatic carbocycles. The van der Waals surface area contributed by atoms with Gasteiger partial charge >= 0.3 is 41.3 Å². The molecule has 0 aliphatic heterocycles. The number of benzene rings is 2. The van der Waals surface area contributed by atoms with E-state index < -0.39 is 0 Å². The molecule has 0 heterocycles. The molecule has 0 N–H and O–H groups in total. The minimum Gasteiger partial charge on any atom is -1.00 e. The zero-order valence-corrected chi connectivity index (χ0v) is 24.6. The first kappa shape index (κ1) is 29.3. The van der Waals surface area contributed by atoms with Gasteiger partial charge in [0.05, 0.1) is 0 Å². The molecule has 0 saturated carbocycles. The van der Waals surface area contributed by atoms with Crippen LogP contribution < -0.4 is 24.8 Å². The van der Waals surface area contributed by atoms with Crippen LogP contribution in [0.3, 0.4) is 0 Å². The molecule has 3 heteroatoms. The van der Waals surface area contributed by atoms with E-state index in [4.69, 9.17) is 0 Å². The summed E-state index contributed by atoms with van der Waals surface area (Å²) < 4.78 is 1.51. The summed E-state index contributed by atoms with van der Waals surface area (Å²) in [5.74, 6) is 0.364. The maximum Gasteiger partial charge on any atom is -1.00 e. The molecule has 2 aliphatic rings. The smallest absolute Gasteiger partial charge is 1.00 e. The first-order valence-electron chi connectivity index (χ1n) is 11.0. The Hall–Kier alpha value is -0.747. The Balaban J connectivity index is 0.000000790. The van der Waals surface area contributed by atoms with Crippen molar-refractivity contribution in [3.05, 3.63) is 82.5 Å². The summed E-state index contributed by atoms with van der Waals surface area (Å²) in [4.78, 5) is 0. The Morgan fingerprint density at radius 2 is 1.44 bits per heavy atom. The van der Waals surface area contributed by atoms with Gasteiger partial charge in [-0.3, -0.25) is 0 Å². The molecular weight excluding hydrogens is 510 g/mol. The summed E-state index contributed by atoms with van der Waals surface area (Å²) in [6.07, 6.45) is 9.89. The van der Waals surface area contributed by atoms with Crippen molar-refractivity contribution in [3.8, 4) is 11.1 Å². The van der Waals surface area contributed by atoms with Crippen molar-refractivity contribution in [2.75, 3.05) is 0 Å². The largest absolute Gasteiger partial charge is 1.00 e. The van der Waals surface area contributed by atoms with Gasteiger partial charge in [0, 0.05) is 0 Å². The van der Waals surface area contributed by atoms with E-state index in [1.807, 2.05) is 0 Å². The summed E-state index contributed by atoms with van der Waals surface area (Å²) in [5, 5.41) is 0. The second-order valence-electron chi connectivity index (χ2n) is 10.8. The number of fused-ring (bicyclic) bond motifs is 3. The summed E-state index contributed by atoms with van der Waals surface area (Å²) in [7, 11) is 0. The third-order valence-corrected chi connectivity index (χ3v) is 5.71. The molecule has 0 atom stereocenters. The minimum absolute atomic E-state index is 0. The molecule has 0 radical (unpaired) electrons. The molecular formula is C29H35Cl2Zr-. The molecule has 0 unspecified atom stereocenters. The van der Waals surface area contributed by atoms with Crippen LogP contribution in [0, 0.1) is 6.07 Å². The van der Waals surface area contributed by atoms with Gasteiger partial charge in [0.1, 0.15) is 0 Å². The van der Waals surface area contributed by atoms with Crippen LogP contribution in [0.4, 0.5) is 0 Å². The number of allylic oxidation sites excluding steroid dienone is 4. The SMILES string of the molecule is CC(C)(C)c1ccc2c(c1)-c1cc(C(C)(C)C)c(C3C=CC=C3)[c-]c1C2.C[C](C)=[Zr+2].[Cl-].[Cl-]. The van der Waals surface area contributed by atoms with Crippen molar-refractivity contribution < 1.29 is 49.0 Å². The van der Waals surface area contributed by atoms with Crippen molar-refractivity contribution in [3.63, 3.8) is 0 Å². The van der Waals surface area contributed by atoms with Gasteiger partial charge in [-0.05, 0) is 23.3 Å². The molecule has 170 valence electrons. The molecule has 0 bridgehead atoms. The predicted molar refractivity (Wildman–Crippen MR) is 128 cm³/mol. The Morgan fingerprint density at radius 1 is 0.875 bits per heavy atom. The van der Waals surface area contributed by atoms with Crippen LogP contribution in [0.2, 0.25) is 0 Å². The van der Waals surface area contributed by atoms with Gasteiger partial charge < -0.3 is 24.8 Å². The van der Waals surface area contributed by atoms with Gasteiger partial charge in [-0.1, -0.05) is 101 Å². The van der Waals surface area contributed by atoms with Crippen molar-refractivity contribution in [2.45, 2.75) is 78.6 Å². The molecule has 0 aromatic heterocycles. The van der Waals surface area contributed by atoms with Crippen LogP contribution >= 0.6 is 0 Å². The average molecular weight is 546 g/mol. The molecule has 0 amide bonds. The Labute approximate surface area is 223 Å². The predicted octanol–water partition coefficient (Wildman–Crippen LogP) is 1.62. The van der Waals surface area contributed by atoms with Gasteiger partial charge in [0.25, 0.3) is 0 Å². The van der Waals surface area contributed by atoms with E-state index in [2.05, 4.69) is 110 Å².